The number of hydrogen-bond donors (Lipinski definition) is 0. The van der Waals surface area contributed by atoms with Crippen molar-refractivity contribution in [2.75, 3.05) is 0 Å². The van der Waals surface area contributed by atoms with Crippen molar-refractivity contribution in [3.63, 3.8) is 0 Å². The zero-order valence-electron chi connectivity index (χ0n) is 43.6. The second-order valence-corrected chi connectivity index (χ2v) is 28.2. The van der Waals surface area contributed by atoms with E-state index in [-0.39, 0.29) is 0 Å². The Morgan fingerprint density at radius 2 is 0.190 bits per heavy atom. The molecule has 0 aliphatic rings. The average molecular weight is 1760 g/mol. The van der Waals surface area contributed by atoms with E-state index >= 15 is 0 Å². The Hall–Kier alpha value is -3.61. The molecule has 0 fully saturated rings. The van der Waals surface area contributed by atoms with Gasteiger partial charge >= 0.3 is 468 Å². The predicted molar refractivity (Wildman–Crippen MR) is 186 cm³/mol. The molecule has 64 heteroatoms. The van der Waals surface area contributed by atoms with E-state index in [1.54, 1.807) is 0 Å². The van der Waals surface area contributed by atoms with Gasteiger partial charge in [-0.2, -0.15) is 39.5 Å². The van der Waals surface area contributed by atoms with Crippen LogP contribution in [0.1, 0.15) is 19.3 Å². The van der Waals surface area contributed by atoms with Crippen molar-refractivity contribution >= 4 is 19.8 Å². The third-order valence-electron chi connectivity index (χ3n) is 13.1. The predicted octanol–water partition coefficient (Wildman–Crippen LogP) is 22.5. The van der Waals surface area contributed by atoms with E-state index in [0.29, 0.717) is 0 Å². The summed E-state index contributed by atoms with van der Waals surface area (Å²) in [5, 5.41) is 0. The van der Waals surface area contributed by atoms with E-state index in [4.69, 9.17) is 0 Å². The van der Waals surface area contributed by atoms with Crippen molar-refractivity contribution in [3.05, 3.63) is 0 Å². The molecule has 0 saturated carbocycles. The zero-order valence-corrected chi connectivity index (χ0v) is 46.4. The summed E-state index contributed by atoms with van der Waals surface area (Å²) in [6, 6.07) is 0. The van der Waals surface area contributed by atoms with Gasteiger partial charge in [0.1, 0.15) is 0 Å². The van der Waals surface area contributed by atoms with Gasteiger partial charge in [-0.15, -0.1) is 0 Å². The third kappa shape index (κ3) is 12.4. The molecule has 0 unspecified atom stereocenters. The van der Waals surface area contributed by atoms with Crippen LogP contribution in [0.4, 0.5) is 277 Å². The molecule has 100 heavy (non-hydrogen) atoms. The second-order valence-electron chi connectivity index (χ2n) is 19.6. The Morgan fingerprint density at radius 3 is 0.280 bits per heavy atom. The Labute approximate surface area is 507 Å². The van der Waals surface area contributed by atoms with Crippen LogP contribution in [0.5, 0.6) is 0 Å². The smallest absolute Gasteiger partial charge is 0.165 e. The van der Waals surface area contributed by atoms with Gasteiger partial charge in [-0.3, -0.25) is 0 Å². The second kappa shape index (κ2) is 24.7. The van der Waals surface area contributed by atoms with Gasteiger partial charge in [0, 0.05) is 0 Å². The molecular formula is C36H12F63Sn. The SMILES string of the molecule is FC(F)(F)C(F)(F)C(F)(F)C(F)(F)C(F)(F)C(F)(F)C(F)(F)C(F)(F)C(F)(F)C(F)(F)C[CH2][Sn]([CH2]CC(F)(F)C(F)(F)C(F)(F)C(F)(F)C(F)(F)C(F)(F)C(F)(F)C(F)(F)C(F)(F)C(F)(F)F)[CH2]CC(F)(F)C(F)(F)C(F)(F)C(F)(F)C(F)(F)C(F)(F)C(F)(F)C(F)(F)C(F)(F)C(F)(F)F. The minimum Gasteiger partial charge on any atom is -0.165 e. The van der Waals surface area contributed by atoms with Gasteiger partial charge in [0.05, 0.1) is 0 Å². The molecule has 0 aliphatic carbocycles. The van der Waals surface area contributed by atoms with Gasteiger partial charge in [0.15, 0.2) is 0 Å². The van der Waals surface area contributed by atoms with Crippen molar-refractivity contribution in [3.8, 4) is 0 Å². The molecule has 0 rings (SSSR count). The van der Waals surface area contributed by atoms with Crippen LogP contribution in [0.25, 0.3) is 0 Å². The molecule has 0 amide bonds. The Balaban J connectivity index is 8.67. The van der Waals surface area contributed by atoms with Gasteiger partial charge in [-0.1, -0.05) is 0 Å². The summed E-state index contributed by atoms with van der Waals surface area (Å²) in [6.45, 7) is 0. The first-order valence-electron chi connectivity index (χ1n) is 22.3. The number of halogens is 63. The first kappa shape index (κ1) is 96.4. The van der Waals surface area contributed by atoms with Gasteiger partial charge in [0.2, 0.25) is 0 Å². The van der Waals surface area contributed by atoms with Crippen molar-refractivity contribution in [1.29, 1.82) is 0 Å². The molecule has 0 bridgehead atoms. The fourth-order valence-electron chi connectivity index (χ4n) is 6.62. The van der Waals surface area contributed by atoms with Crippen LogP contribution in [0, 0.1) is 0 Å². The first-order chi connectivity index (χ1) is 42.0. The van der Waals surface area contributed by atoms with Crippen LogP contribution in [-0.4, -0.2) is 198 Å². The van der Waals surface area contributed by atoms with Crippen LogP contribution >= 0.6 is 0 Å². The van der Waals surface area contributed by atoms with Crippen molar-refractivity contribution in [2.24, 2.45) is 0 Å². The standard InChI is InChI=1S/3C12H4F21.Sn/c3*1-2-3(13,14)4(15,16)5(17,18)6(19,20)7(21,22)8(23,24)9(25,26)10(27,28)11(29,30)12(31,32)33;/h3*1-2H2;. The molecule has 601 valence electrons. The van der Waals surface area contributed by atoms with Crippen molar-refractivity contribution in [1.82, 2.24) is 0 Å². The van der Waals surface area contributed by atoms with Gasteiger partial charge in [-0.25, -0.2) is 0 Å². The molecule has 0 spiro atoms. The monoisotopic (exact) mass is 1760 g/mol. The number of alkyl halides is 63. The average Bonchev–Trinajstić information content (AvgIpc) is 0.696. The maximum atomic E-state index is 14.8. The normalized spacial score (nSPS) is 17.3. The van der Waals surface area contributed by atoms with E-state index in [9.17, 15) is 277 Å². The van der Waals surface area contributed by atoms with E-state index in [0.717, 1.165) is 0 Å². The molecule has 0 nitrogen and oxygen atoms in total. The fourth-order valence-corrected chi connectivity index (χ4v) is 14.5. The quantitative estimate of drug-likeness (QED) is 0.0454. The van der Waals surface area contributed by atoms with Gasteiger partial charge < -0.3 is 0 Å². The number of hydrogen-bond acceptors (Lipinski definition) is 0. The first-order valence-corrected chi connectivity index (χ1v) is 28.3. The van der Waals surface area contributed by atoms with Gasteiger partial charge in [0.25, 0.3) is 0 Å². The topological polar surface area (TPSA) is 0 Å². The molecule has 0 atom stereocenters. The molecule has 0 aromatic rings. The van der Waals surface area contributed by atoms with Crippen LogP contribution in [0.15, 0.2) is 0 Å². The summed E-state index contributed by atoms with van der Waals surface area (Å²) in [4.78, 5) is 0. The summed E-state index contributed by atoms with van der Waals surface area (Å²) < 4.78 is 861. The van der Waals surface area contributed by atoms with Crippen molar-refractivity contribution in [2.45, 2.75) is 211 Å². The molecule has 0 aromatic heterocycles. The third-order valence-corrected chi connectivity index (χ3v) is 21.3. The molecule has 0 heterocycles. The summed E-state index contributed by atoms with van der Waals surface area (Å²) in [7, 11) is 0. The van der Waals surface area contributed by atoms with E-state index in [1.807, 2.05) is 0 Å². The molecule has 0 aliphatic heterocycles. The zero-order chi connectivity index (χ0) is 82.8. The number of rotatable bonds is 33. The molecule has 0 N–H and O–H groups in total. The molecule has 1 radical (unpaired) electrons. The van der Waals surface area contributed by atoms with Crippen LogP contribution < -0.4 is 0 Å². The fraction of sp³-hybridized carbons (Fsp3) is 1.00. The molecule has 0 aromatic carbocycles. The van der Waals surface area contributed by atoms with Gasteiger partial charge in [-0.05, 0) is 0 Å². The minimum atomic E-state index is -10.2. The molecular weight excluding hydrogens is 1750 g/mol. The van der Waals surface area contributed by atoms with E-state index in [1.165, 1.54) is 0 Å². The van der Waals surface area contributed by atoms with Crippen LogP contribution in [0.2, 0.25) is 13.3 Å². The summed E-state index contributed by atoms with van der Waals surface area (Å²) in [6.07, 6.45) is -40.2. The summed E-state index contributed by atoms with van der Waals surface area (Å²) in [5.74, 6) is -261. The van der Waals surface area contributed by atoms with Crippen LogP contribution in [-0.2, 0) is 0 Å². The Bertz CT molecular complexity index is 2520. The van der Waals surface area contributed by atoms with Crippen molar-refractivity contribution < 1.29 is 277 Å². The Kier molecular flexibility index (Phi) is 23.8. The van der Waals surface area contributed by atoms with Crippen LogP contribution in [0.3, 0.4) is 0 Å². The van der Waals surface area contributed by atoms with E-state index < -0.39 is 231 Å². The molecule has 0 saturated heterocycles. The van der Waals surface area contributed by atoms with E-state index in [2.05, 4.69) is 0 Å². The summed E-state index contributed by atoms with van der Waals surface area (Å²) in [5.41, 5.74) is 0. The Morgan fingerprint density at radius 1 is 0.110 bits per heavy atom. The minimum absolute atomic E-state index is 3.97. The maximum absolute atomic E-state index is 14.8. The summed E-state index contributed by atoms with van der Waals surface area (Å²) >= 11 is -7.86.